The van der Waals surface area contributed by atoms with E-state index in [1.54, 1.807) is 13.8 Å². The topological polar surface area (TPSA) is 114 Å². The molecule has 1 aromatic carbocycles. The van der Waals surface area contributed by atoms with E-state index < -0.39 is 16.6 Å². The number of benzene rings is 1. The monoisotopic (exact) mass is 297 g/mol. The van der Waals surface area contributed by atoms with Gasteiger partial charge < -0.3 is 20.5 Å². The van der Waals surface area contributed by atoms with Crippen LogP contribution >= 0.6 is 0 Å². The van der Waals surface area contributed by atoms with Gasteiger partial charge in [-0.05, 0) is 19.4 Å². The molecule has 8 heteroatoms. The maximum Gasteiger partial charge on any atom is 0.319 e. The van der Waals surface area contributed by atoms with E-state index in [1.807, 2.05) is 0 Å². The van der Waals surface area contributed by atoms with Crippen LogP contribution in [0.3, 0.4) is 0 Å². The molecular formula is C13H19N3O5. The molecule has 21 heavy (non-hydrogen) atoms. The van der Waals surface area contributed by atoms with Crippen LogP contribution in [0.15, 0.2) is 18.2 Å². The minimum absolute atomic E-state index is 0.0621. The average molecular weight is 297 g/mol. The summed E-state index contributed by atoms with van der Waals surface area (Å²) in [4.78, 5) is 21.9. The summed E-state index contributed by atoms with van der Waals surface area (Å²) in [6.45, 7) is 3.46. The number of anilines is 1. The van der Waals surface area contributed by atoms with Crippen LogP contribution < -0.4 is 15.4 Å². The first-order valence-corrected chi connectivity index (χ1v) is 6.38. The Hall–Kier alpha value is -2.35. The molecule has 0 spiro atoms. The number of non-ortho nitro benzene ring substituents is 1. The summed E-state index contributed by atoms with van der Waals surface area (Å²) in [6, 6.07) is 3.30. The summed E-state index contributed by atoms with van der Waals surface area (Å²) in [7, 11) is 1.39. The number of hydrogen-bond acceptors (Lipinski definition) is 5. The lowest BCUT2D eigenvalue weighted by molar-refractivity contribution is -0.384. The van der Waals surface area contributed by atoms with Crippen molar-refractivity contribution in [1.29, 1.82) is 0 Å². The largest absolute Gasteiger partial charge is 0.495 e. The van der Waals surface area contributed by atoms with Gasteiger partial charge in [-0.15, -0.1) is 0 Å². The van der Waals surface area contributed by atoms with E-state index in [1.165, 1.54) is 25.3 Å². The smallest absolute Gasteiger partial charge is 0.319 e. The van der Waals surface area contributed by atoms with Crippen LogP contribution in [0.4, 0.5) is 16.2 Å². The molecule has 0 saturated carbocycles. The number of nitrogens with zero attached hydrogens (tertiary/aromatic N) is 1. The number of aliphatic hydroxyl groups is 1. The van der Waals surface area contributed by atoms with E-state index in [0.29, 0.717) is 12.2 Å². The highest BCUT2D eigenvalue weighted by Crippen LogP contribution is 2.28. The normalized spacial score (nSPS) is 13.1. The second-order valence-electron chi connectivity index (χ2n) is 4.80. The molecule has 3 N–H and O–H groups in total. The van der Waals surface area contributed by atoms with Crippen molar-refractivity contribution in [3.8, 4) is 5.75 Å². The molecule has 1 unspecified atom stereocenters. The maximum absolute atomic E-state index is 11.8. The van der Waals surface area contributed by atoms with Crippen LogP contribution in [-0.2, 0) is 0 Å². The van der Waals surface area contributed by atoms with Crippen molar-refractivity contribution in [2.75, 3.05) is 19.0 Å². The van der Waals surface area contributed by atoms with Gasteiger partial charge in [0, 0.05) is 18.7 Å². The lowest BCUT2D eigenvalue weighted by atomic mass is 10.0. The summed E-state index contributed by atoms with van der Waals surface area (Å²) in [6.07, 6.45) is 0.480. The molecule has 2 amide bonds. The lowest BCUT2D eigenvalue weighted by Crippen LogP contribution is -2.41. The minimum atomic E-state index is -1.01. The van der Waals surface area contributed by atoms with Gasteiger partial charge in [-0.1, -0.05) is 6.92 Å². The van der Waals surface area contributed by atoms with Crippen molar-refractivity contribution in [2.24, 2.45) is 0 Å². The zero-order valence-electron chi connectivity index (χ0n) is 12.2. The van der Waals surface area contributed by atoms with Gasteiger partial charge in [-0.25, -0.2) is 4.79 Å². The Labute approximate surface area is 122 Å². The fraction of sp³-hybridized carbons (Fsp3) is 0.462. The van der Waals surface area contributed by atoms with Crippen LogP contribution in [0.2, 0.25) is 0 Å². The Morgan fingerprint density at radius 2 is 2.19 bits per heavy atom. The molecule has 0 bridgehead atoms. The molecule has 1 rings (SSSR count). The summed E-state index contributed by atoms with van der Waals surface area (Å²) < 4.78 is 5.03. The first-order valence-electron chi connectivity index (χ1n) is 6.38. The third-order valence-electron chi connectivity index (χ3n) is 3.03. The zero-order valence-corrected chi connectivity index (χ0v) is 12.2. The number of urea groups is 1. The van der Waals surface area contributed by atoms with E-state index in [9.17, 15) is 20.0 Å². The second-order valence-corrected chi connectivity index (χ2v) is 4.80. The molecular weight excluding hydrogens is 278 g/mol. The van der Waals surface area contributed by atoms with Crippen LogP contribution in [0.25, 0.3) is 0 Å². The predicted molar refractivity (Wildman–Crippen MR) is 77.6 cm³/mol. The van der Waals surface area contributed by atoms with Gasteiger partial charge in [0.15, 0.2) is 0 Å². The second kappa shape index (κ2) is 6.89. The fourth-order valence-electron chi connectivity index (χ4n) is 1.47. The summed E-state index contributed by atoms with van der Waals surface area (Å²) in [5.74, 6) is 0.304. The predicted octanol–water partition coefficient (Wildman–Crippen LogP) is 1.89. The molecule has 0 aliphatic rings. The fourth-order valence-corrected chi connectivity index (χ4v) is 1.47. The summed E-state index contributed by atoms with van der Waals surface area (Å²) in [5.41, 5.74) is -0.989. The molecule has 0 radical (unpaired) electrons. The number of carbonyl (C=O) groups excluding carboxylic acids is 1. The molecule has 0 aliphatic carbocycles. The molecule has 116 valence electrons. The molecule has 0 fully saturated rings. The number of carbonyl (C=O) groups is 1. The van der Waals surface area contributed by atoms with Crippen molar-refractivity contribution >= 4 is 17.4 Å². The summed E-state index contributed by atoms with van der Waals surface area (Å²) >= 11 is 0. The lowest BCUT2D eigenvalue weighted by Gasteiger charge is -2.21. The van der Waals surface area contributed by atoms with Gasteiger partial charge in [0.25, 0.3) is 5.69 Å². The van der Waals surface area contributed by atoms with Gasteiger partial charge in [-0.2, -0.15) is 0 Å². The van der Waals surface area contributed by atoms with Gasteiger partial charge in [-0.3, -0.25) is 10.1 Å². The highest BCUT2D eigenvalue weighted by molar-refractivity contribution is 5.91. The molecule has 0 saturated heterocycles. The van der Waals surface area contributed by atoms with Gasteiger partial charge >= 0.3 is 6.03 Å². The molecule has 1 atom stereocenters. The molecule has 0 aliphatic heterocycles. The standard InChI is InChI=1S/C13H19N3O5/c1-4-13(2,18)8-14-12(17)15-10-7-9(16(19)20)5-6-11(10)21-3/h5-7,18H,4,8H2,1-3H3,(H2,14,15,17). The summed E-state index contributed by atoms with van der Waals surface area (Å²) in [5, 5.41) is 25.5. The highest BCUT2D eigenvalue weighted by Gasteiger charge is 2.19. The van der Waals surface area contributed by atoms with E-state index >= 15 is 0 Å². The third kappa shape index (κ3) is 4.92. The van der Waals surface area contributed by atoms with Gasteiger partial charge in [0.05, 0.1) is 23.3 Å². The van der Waals surface area contributed by atoms with E-state index in [2.05, 4.69) is 10.6 Å². The van der Waals surface area contributed by atoms with E-state index in [0.717, 1.165) is 0 Å². The van der Waals surface area contributed by atoms with Crippen molar-refractivity contribution < 1.29 is 19.6 Å². The van der Waals surface area contributed by atoms with Crippen LogP contribution in [0.5, 0.6) is 5.75 Å². The Morgan fingerprint density at radius 3 is 2.71 bits per heavy atom. The first kappa shape index (κ1) is 16.7. The van der Waals surface area contributed by atoms with E-state index in [4.69, 9.17) is 4.74 Å². The number of methoxy groups -OCH3 is 1. The zero-order chi connectivity index (χ0) is 16.0. The number of nitro groups is 1. The Kier molecular flexibility index (Phi) is 5.48. The number of nitro benzene ring substituents is 1. The number of amides is 2. The van der Waals surface area contributed by atoms with Crippen LogP contribution in [0.1, 0.15) is 20.3 Å². The molecule has 8 nitrogen and oxygen atoms in total. The molecule has 0 aromatic heterocycles. The van der Waals surface area contributed by atoms with Gasteiger partial charge in [0.1, 0.15) is 5.75 Å². The number of hydrogen-bond donors (Lipinski definition) is 3. The highest BCUT2D eigenvalue weighted by atomic mass is 16.6. The number of rotatable bonds is 6. The molecule has 0 heterocycles. The SMILES string of the molecule is CCC(C)(O)CNC(=O)Nc1cc([N+](=O)[O-])ccc1OC. The minimum Gasteiger partial charge on any atom is -0.495 e. The van der Waals surface area contributed by atoms with Crippen LogP contribution in [-0.4, -0.2) is 35.3 Å². The quantitative estimate of drug-likeness (QED) is 0.548. The Morgan fingerprint density at radius 1 is 1.52 bits per heavy atom. The number of nitrogens with one attached hydrogen (secondary N) is 2. The van der Waals surface area contributed by atoms with Gasteiger partial charge in [0.2, 0.25) is 0 Å². The van der Waals surface area contributed by atoms with Crippen molar-refractivity contribution in [1.82, 2.24) is 5.32 Å². The van der Waals surface area contributed by atoms with E-state index in [-0.39, 0.29) is 17.9 Å². The maximum atomic E-state index is 11.8. The first-order chi connectivity index (χ1) is 9.79. The van der Waals surface area contributed by atoms with Crippen LogP contribution in [0, 0.1) is 10.1 Å². The van der Waals surface area contributed by atoms with Crippen molar-refractivity contribution in [3.63, 3.8) is 0 Å². The number of ether oxygens (including phenoxy) is 1. The third-order valence-corrected chi connectivity index (χ3v) is 3.03. The molecule has 1 aromatic rings. The Balaban J connectivity index is 2.79. The average Bonchev–Trinajstić information content (AvgIpc) is 2.45. The van der Waals surface area contributed by atoms with Crippen molar-refractivity contribution in [3.05, 3.63) is 28.3 Å². The Bertz CT molecular complexity index is 531. The van der Waals surface area contributed by atoms with Crippen molar-refractivity contribution in [2.45, 2.75) is 25.9 Å².